The van der Waals surface area contributed by atoms with Gasteiger partial charge in [0.2, 0.25) is 0 Å². The van der Waals surface area contributed by atoms with Crippen molar-refractivity contribution in [1.82, 2.24) is 15.1 Å². The van der Waals surface area contributed by atoms with Gasteiger partial charge in [-0.25, -0.2) is 0 Å². The first kappa shape index (κ1) is 24.6. The zero-order valence-electron chi connectivity index (χ0n) is 16.5. The summed E-state index contributed by atoms with van der Waals surface area (Å²) in [5.74, 6) is 1.94. The number of alkyl halides is 3. The number of nitrogens with one attached hydrogen (secondary N) is 1. The summed E-state index contributed by atoms with van der Waals surface area (Å²) >= 11 is 0. The SMILES string of the molecule is CN=C(NCc1cccc(OC)c1OC)N1CCN(C(C)C(F)(F)F)CC1.I. The summed E-state index contributed by atoms with van der Waals surface area (Å²) in [4.78, 5) is 7.68. The lowest BCUT2D eigenvalue weighted by Gasteiger charge is -2.39. The average molecular weight is 516 g/mol. The van der Waals surface area contributed by atoms with Crippen LogP contribution in [0.3, 0.4) is 0 Å². The molecule has 0 bridgehead atoms. The molecule has 0 aliphatic carbocycles. The monoisotopic (exact) mass is 516 g/mol. The lowest BCUT2D eigenvalue weighted by molar-refractivity contribution is -0.181. The highest BCUT2D eigenvalue weighted by molar-refractivity contribution is 14.0. The van der Waals surface area contributed by atoms with E-state index in [1.54, 1.807) is 21.3 Å². The van der Waals surface area contributed by atoms with Crippen LogP contribution in [-0.2, 0) is 6.54 Å². The van der Waals surface area contributed by atoms with Gasteiger partial charge in [0.1, 0.15) is 6.04 Å². The van der Waals surface area contributed by atoms with E-state index in [1.165, 1.54) is 11.8 Å². The van der Waals surface area contributed by atoms with Crippen molar-refractivity contribution in [3.8, 4) is 11.5 Å². The topological polar surface area (TPSA) is 49.3 Å². The smallest absolute Gasteiger partial charge is 0.403 e. The van der Waals surface area contributed by atoms with Crippen molar-refractivity contribution in [2.24, 2.45) is 4.99 Å². The second-order valence-electron chi connectivity index (χ2n) is 6.29. The van der Waals surface area contributed by atoms with Gasteiger partial charge in [-0.2, -0.15) is 13.2 Å². The molecule has 0 amide bonds. The molecule has 1 unspecified atom stereocenters. The van der Waals surface area contributed by atoms with E-state index in [2.05, 4.69) is 10.3 Å². The van der Waals surface area contributed by atoms with Crippen molar-refractivity contribution in [3.05, 3.63) is 23.8 Å². The van der Waals surface area contributed by atoms with Crippen LogP contribution < -0.4 is 14.8 Å². The van der Waals surface area contributed by atoms with Crippen LogP contribution in [0.5, 0.6) is 11.5 Å². The van der Waals surface area contributed by atoms with Crippen LogP contribution >= 0.6 is 24.0 Å². The number of hydrogen-bond acceptors (Lipinski definition) is 4. The molecule has 0 aromatic heterocycles. The molecule has 1 aliphatic rings. The number of methoxy groups -OCH3 is 2. The van der Waals surface area contributed by atoms with Crippen molar-refractivity contribution < 1.29 is 22.6 Å². The minimum atomic E-state index is -4.20. The van der Waals surface area contributed by atoms with Gasteiger partial charge in [0, 0.05) is 45.3 Å². The van der Waals surface area contributed by atoms with E-state index in [0.29, 0.717) is 50.2 Å². The van der Waals surface area contributed by atoms with Crippen LogP contribution in [0.1, 0.15) is 12.5 Å². The highest BCUT2D eigenvalue weighted by Gasteiger charge is 2.41. The molecule has 28 heavy (non-hydrogen) atoms. The Labute approximate surface area is 181 Å². The molecule has 160 valence electrons. The van der Waals surface area contributed by atoms with Gasteiger partial charge in [-0.05, 0) is 13.0 Å². The van der Waals surface area contributed by atoms with Crippen molar-refractivity contribution in [2.45, 2.75) is 25.7 Å². The van der Waals surface area contributed by atoms with Crippen LogP contribution in [-0.4, -0.2) is 75.4 Å². The highest BCUT2D eigenvalue weighted by Crippen LogP contribution is 2.30. The molecule has 1 aromatic carbocycles. The Hall–Kier alpha value is -1.43. The highest BCUT2D eigenvalue weighted by atomic mass is 127. The van der Waals surface area contributed by atoms with Gasteiger partial charge in [0.05, 0.1) is 14.2 Å². The number of para-hydroxylation sites is 1. The summed E-state index contributed by atoms with van der Waals surface area (Å²) in [7, 11) is 4.82. The Kier molecular flexibility index (Phi) is 9.61. The zero-order chi connectivity index (χ0) is 20.0. The molecule has 2 rings (SSSR count). The molecule has 10 heteroatoms. The molecular formula is C18H28F3IN4O2. The Morgan fingerprint density at radius 2 is 1.82 bits per heavy atom. The number of piperazine rings is 1. The number of rotatable bonds is 5. The molecule has 1 aromatic rings. The molecule has 6 nitrogen and oxygen atoms in total. The van der Waals surface area contributed by atoms with E-state index in [4.69, 9.17) is 9.47 Å². The number of nitrogens with zero attached hydrogens (tertiary/aromatic N) is 3. The van der Waals surface area contributed by atoms with Crippen molar-refractivity contribution in [2.75, 3.05) is 47.4 Å². The summed E-state index contributed by atoms with van der Waals surface area (Å²) in [5.41, 5.74) is 0.905. The number of halogens is 4. The quantitative estimate of drug-likeness (QED) is 0.371. The molecule has 0 spiro atoms. The van der Waals surface area contributed by atoms with E-state index in [1.807, 2.05) is 23.1 Å². The maximum Gasteiger partial charge on any atom is 0.403 e. The molecule has 1 N–H and O–H groups in total. The lowest BCUT2D eigenvalue weighted by atomic mass is 10.2. The van der Waals surface area contributed by atoms with Crippen LogP contribution in [0, 0.1) is 0 Å². The Morgan fingerprint density at radius 1 is 1.18 bits per heavy atom. The summed E-state index contributed by atoms with van der Waals surface area (Å²) in [6.07, 6.45) is -4.20. The molecular weight excluding hydrogens is 488 g/mol. The first-order valence-corrected chi connectivity index (χ1v) is 8.78. The molecule has 0 radical (unpaired) electrons. The largest absolute Gasteiger partial charge is 0.493 e. The van der Waals surface area contributed by atoms with Gasteiger partial charge in [0.15, 0.2) is 17.5 Å². The Bertz CT molecular complexity index is 650. The van der Waals surface area contributed by atoms with Gasteiger partial charge in [0.25, 0.3) is 0 Å². The molecule has 1 aliphatic heterocycles. The standard InChI is InChI=1S/C18H27F3N4O2.HI/c1-13(18(19,20)21)24-8-10-25(11-9-24)17(22-2)23-12-14-6-5-7-15(26-3)16(14)27-4;/h5-7,13H,8-12H2,1-4H3,(H,22,23);1H. The first-order chi connectivity index (χ1) is 12.8. The average Bonchev–Trinajstić information content (AvgIpc) is 2.67. The Balaban J connectivity index is 0.00000392. The van der Waals surface area contributed by atoms with Gasteiger partial charge in [-0.3, -0.25) is 9.89 Å². The van der Waals surface area contributed by atoms with E-state index in [9.17, 15) is 13.2 Å². The van der Waals surface area contributed by atoms with Crippen LogP contribution in [0.2, 0.25) is 0 Å². The van der Waals surface area contributed by atoms with E-state index in [0.717, 1.165) is 5.56 Å². The number of benzene rings is 1. The lowest BCUT2D eigenvalue weighted by Crippen LogP contribution is -2.56. The molecule has 1 atom stereocenters. The van der Waals surface area contributed by atoms with E-state index in [-0.39, 0.29) is 24.0 Å². The fraction of sp³-hybridized carbons (Fsp3) is 0.611. The number of ether oxygens (including phenoxy) is 2. The first-order valence-electron chi connectivity index (χ1n) is 8.78. The van der Waals surface area contributed by atoms with Gasteiger partial charge >= 0.3 is 6.18 Å². The van der Waals surface area contributed by atoms with E-state index >= 15 is 0 Å². The summed E-state index contributed by atoms with van der Waals surface area (Å²) in [5, 5.41) is 3.26. The Morgan fingerprint density at radius 3 is 2.32 bits per heavy atom. The summed E-state index contributed by atoms with van der Waals surface area (Å²) in [6, 6.07) is 4.18. The second-order valence-corrected chi connectivity index (χ2v) is 6.29. The van der Waals surface area contributed by atoms with Crippen molar-refractivity contribution in [3.63, 3.8) is 0 Å². The molecule has 0 saturated carbocycles. The summed E-state index contributed by atoms with van der Waals surface area (Å²) in [6.45, 7) is 3.31. The second kappa shape index (κ2) is 10.9. The van der Waals surface area contributed by atoms with Gasteiger partial charge in [-0.15, -0.1) is 24.0 Å². The maximum absolute atomic E-state index is 12.9. The molecule has 1 heterocycles. The predicted molar refractivity (Wildman–Crippen MR) is 114 cm³/mol. The van der Waals surface area contributed by atoms with Crippen LogP contribution in [0.25, 0.3) is 0 Å². The minimum Gasteiger partial charge on any atom is -0.493 e. The number of guanidine groups is 1. The number of hydrogen-bond donors (Lipinski definition) is 1. The van der Waals surface area contributed by atoms with E-state index < -0.39 is 12.2 Å². The van der Waals surface area contributed by atoms with Crippen molar-refractivity contribution in [1.29, 1.82) is 0 Å². The van der Waals surface area contributed by atoms with Crippen LogP contribution in [0.15, 0.2) is 23.2 Å². The van der Waals surface area contributed by atoms with Crippen molar-refractivity contribution >= 4 is 29.9 Å². The third kappa shape index (κ3) is 6.03. The normalized spacial score (nSPS) is 17.0. The van der Waals surface area contributed by atoms with Crippen LogP contribution in [0.4, 0.5) is 13.2 Å². The predicted octanol–water partition coefficient (Wildman–Crippen LogP) is 2.97. The molecule has 1 fully saturated rings. The third-order valence-electron chi connectivity index (χ3n) is 4.77. The van der Waals surface area contributed by atoms with Gasteiger partial charge in [-0.1, -0.05) is 12.1 Å². The fourth-order valence-corrected chi connectivity index (χ4v) is 3.13. The third-order valence-corrected chi connectivity index (χ3v) is 4.77. The minimum absolute atomic E-state index is 0. The zero-order valence-corrected chi connectivity index (χ0v) is 18.9. The fourth-order valence-electron chi connectivity index (χ4n) is 3.13. The van der Waals surface area contributed by atoms with Gasteiger partial charge < -0.3 is 19.7 Å². The molecule has 1 saturated heterocycles. The maximum atomic E-state index is 12.9. The summed E-state index contributed by atoms with van der Waals surface area (Å²) < 4.78 is 49.4. The number of aliphatic imine (C=N–C) groups is 1.